The zero-order valence-electron chi connectivity index (χ0n) is 9.96. The van der Waals surface area contributed by atoms with Crippen molar-refractivity contribution in [1.29, 1.82) is 0 Å². The molecule has 0 N–H and O–H groups in total. The SMILES string of the molecule is COC(=O)c1cc(OC)c2c(F)c(Br)cc(F)c2n1. The number of benzene rings is 1. The third-order valence-electron chi connectivity index (χ3n) is 2.51. The number of halogens is 3. The molecule has 1 heterocycles. The van der Waals surface area contributed by atoms with E-state index in [2.05, 4.69) is 25.7 Å². The molecule has 0 radical (unpaired) electrons. The van der Waals surface area contributed by atoms with E-state index >= 15 is 0 Å². The minimum Gasteiger partial charge on any atom is -0.496 e. The molecule has 4 nitrogen and oxygen atoms in total. The first-order valence-electron chi connectivity index (χ1n) is 5.10. The van der Waals surface area contributed by atoms with Crippen LogP contribution in [0.5, 0.6) is 5.75 Å². The van der Waals surface area contributed by atoms with Crippen molar-refractivity contribution in [3.63, 3.8) is 0 Å². The zero-order chi connectivity index (χ0) is 14.2. The van der Waals surface area contributed by atoms with E-state index in [0.29, 0.717) is 0 Å². The van der Waals surface area contributed by atoms with Gasteiger partial charge in [-0.2, -0.15) is 0 Å². The van der Waals surface area contributed by atoms with E-state index in [4.69, 9.17) is 4.74 Å². The van der Waals surface area contributed by atoms with Crippen LogP contribution in [0, 0.1) is 11.6 Å². The molecular weight excluding hydrogens is 324 g/mol. The number of nitrogens with zero attached hydrogens (tertiary/aromatic N) is 1. The molecule has 1 aromatic carbocycles. The highest BCUT2D eigenvalue weighted by Crippen LogP contribution is 2.33. The predicted octanol–water partition coefficient (Wildman–Crippen LogP) is 3.07. The van der Waals surface area contributed by atoms with Gasteiger partial charge in [-0.15, -0.1) is 0 Å². The fourth-order valence-electron chi connectivity index (χ4n) is 1.64. The second kappa shape index (κ2) is 5.08. The lowest BCUT2D eigenvalue weighted by molar-refractivity contribution is 0.0594. The Labute approximate surface area is 115 Å². The van der Waals surface area contributed by atoms with Crippen molar-refractivity contribution in [2.75, 3.05) is 14.2 Å². The van der Waals surface area contributed by atoms with E-state index in [-0.39, 0.29) is 26.8 Å². The van der Waals surface area contributed by atoms with Crippen LogP contribution >= 0.6 is 15.9 Å². The number of hydrogen-bond donors (Lipinski definition) is 0. The summed E-state index contributed by atoms with van der Waals surface area (Å²) in [6.07, 6.45) is 0. The highest BCUT2D eigenvalue weighted by Gasteiger charge is 2.20. The number of hydrogen-bond acceptors (Lipinski definition) is 4. The molecule has 0 spiro atoms. The first-order chi connectivity index (χ1) is 8.99. The molecule has 0 bridgehead atoms. The molecule has 0 saturated carbocycles. The Morgan fingerprint density at radius 1 is 1.32 bits per heavy atom. The average molecular weight is 332 g/mol. The monoisotopic (exact) mass is 331 g/mol. The van der Waals surface area contributed by atoms with Gasteiger partial charge in [-0.05, 0) is 22.0 Å². The summed E-state index contributed by atoms with van der Waals surface area (Å²) in [5, 5.41) is -0.137. The molecule has 0 saturated heterocycles. The topological polar surface area (TPSA) is 48.4 Å². The summed E-state index contributed by atoms with van der Waals surface area (Å²) >= 11 is 2.90. The minimum absolute atomic E-state index is 0.00287. The number of esters is 1. The average Bonchev–Trinajstić information content (AvgIpc) is 2.42. The van der Waals surface area contributed by atoms with Crippen LogP contribution in [0.25, 0.3) is 10.9 Å². The molecule has 0 aliphatic heterocycles. The fourth-order valence-corrected chi connectivity index (χ4v) is 2.04. The van der Waals surface area contributed by atoms with E-state index < -0.39 is 17.6 Å². The molecule has 2 rings (SSSR count). The fraction of sp³-hybridized carbons (Fsp3) is 0.167. The van der Waals surface area contributed by atoms with Crippen LogP contribution in [0.3, 0.4) is 0 Å². The van der Waals surface area contributed by atoms with Crippen molar-refractivity contribution in [2.24, 2.45) is 0 Å². The van der Waals surface area contributed by atoms with Gasteiger partial charge in [-0.1, -0.05) is 0 Å². The van der Waals surface area contributed by atoms with Crippen LogP contribution in [0.4, 0.5) is 8.78 Å². The first kappa shape index (κ1) is 13.7. The third-order valence-corrected chi connectivity index (χ3v) is 3.08. The Morgan fingerprint density at radius 3 is 2.58 bits per heavy atom. The summed E-state index contributed by atoms with van der Waals surface area (Å²) in [5.41, 5.74) is -0.451. The summed E-state index contributed by atoms with van der Waals surface area (Å²) in [7, 11) is 2.45. The lowest BCUT2D eigenvalue weighted by Crippen LogP contribution is -2.06. The molecule has 1 aromatic heterocycles. The molecule has 0 aliphatic carbocycles. The van der Waals surface area contributed by atoms with Gasteiger partial charge in [0.1, 0.15) is 11.3 Å². The zero-order valence-corrected chi connectivity index (χ0v) is 11.5. The third kappa shape index (κ3) is 2.25. The number of ether oxygens (including phenoxy) is 2. The molecule has 0 unspecified atom stereocenters. The molecule has 0 aliphatic rings. The molecule has 0 fully saturated rings. The number of aromatic nitrogens is 1. The van der Waals surface area contributed by atoms with E-state index in [0.717, 1.165) is 6.07 Å². The number of carbonyl (C=O) groups is 1. The second-order valence-corrected chi connectivity index (χ2v) is 4.43. The summed E-state index contributed by atoms with van der Waals surface area (Å²) in [5.74, 6) is -2.24. The van der Waals surface area contributed by atoms with Crippen molar-refractivity contribution in [3.8, 4) is 5.75 Å². The maximum Gasteiger partial charge on any atom is 0.356 e. The second-order valence-electron chi connectivity index (χ2n) is 3.58. The van der Waals surface area contributed by atoms with Gasteiger partial charge in [-0.25, -0.2) is 18.6 Å². The maximum absolute atomic E-state index is 14.0. The number of carbonyl (C=O) groups excluding carboxylic acids is 1. The number of methoxy groups -OCH3 is 2. The Kier molecular flexibility index (Phi) is 3.66. The molecule has 0 atom stereocenters. The molecule has 7 heteroatoms. The number of rotatable bonds is 2. The highest BCUT2D eigenvalue weighted by atomic mass is 79.9. The lowest BCUT2D eigenvalue weighted by Gasteiger charge is -2.10. The number of pyridine rings is 1. The summed E-state index contributed by atoms with van der Waals surface area (Å²) in [6, 6.07) is 2.13. The van der Waals surface area contributed by atoms with Crippen molar-refractivity contribution in [2.45, 2.75) is 0 Å². The largest absolute Gasteiger partial charge is 0.496 e. The minimum atomic E-state index is -0.771. The summed E-state index contributed by atoms with van der Waals surface area (Å²) in [4.78, 5) is 15.2. The molecule has 100 valence electrons. The van der Waals surface area contributed by atoms with E-state index in [1.807, 2.05) is 0 Å². The van der Waals surface area contributed by atoms with Crippen LogP contribution in [0.1, 0.15) is 10.5 Å². The Bertz CT molecular complexity index is 676. The number of fused-ring (bicyclic) bond motifs is 1. The van der Waals surface area contributed by atoms with Gasteiger partial charge >= 0.3 is 5.97 Å². The van der Waals surface area contributed by atoms with Crippen molar-refractivity contribution in [1.82, 2.24) is 4.98 Å². The van der Waals surface area contributed by atoms with Gasteiger partial charge < -0.3 is 9.47 Å². The van der Waals surface area contributed by atoms with E-state index in [9.17, 15) is 13.6 Å². The quantitative estimate of drug-likeness (QED) is 0.626. The Hall–Kier alpha value is -1.76. The van der Waals surface area contributed by atoms with Crippen LogP contribution in [0.2, 0.25) is 0 Å². The van der Waals surface area contributed by atoms with Crippen LogP contribution < -0.4 is 4.74 Å². The summed E-state index contributed by atoms with van der Waals surface area (Å²) < 4.78 is 37.2. The van der Waals surface area contributed by atoms with Gasteiger partial charge in [-0.3, -0.25) is 0 Å². The molecule has 0 amide bonds. The Morgan fingerprint density at radius 2 is 2.00 bits per heavy atom. The predicted molar refractivity (Wildman–Crippen MR) is 67.3 cm³/mol. The first-order valence-corrected chi connectivity index (χ1v) is 5.89. The van der Waals surface area contributed by atoms with Crippen LogP contribution in [-0.4, -0.2) is 25.2 Å². The van der Waals surface area contributed by atoms with Gasteiger partial charge in [0.25, 0.3) is 0 Å². The smallest absolute Gasteiger partial charge is 0.356 e. The molecular formula is C12H8BrF2NO3. The van der Waals surface area contributed by atoms with Gasteiger partial charge in [0.2, 0.25) is 0 Å². The lowest BCUT2D eigenvalue weighted by atomic mass is 10.1. The van der Waals surface area contributed by atoms with Crippen molar-refractivity contribution < 1.29 is 23.0 Å². The van der Waals surface area contributed by atoms with Crippen molar-refractivity contribution in [3.05, 3.63) is 33.9 Å². The standard InChI is InChI=1S/C12H8BrF2NO3/c1-18-8-4-7(12(17)19-2)16-11-6(14)3-5(13)10(15)9(8)11/h3-4H,1-2H3. The highest BCUT2D eigenvalue weighted by molar-refractivity contribution is 9.10. The van der Waals surface area contributed by atoms with E-state index in [1.165, 1.54) is 20.3 Å². The maximum atomic E-state index is 14.0. The normalized spacial score (nSPS) is 10.6. The molecule has 19 heavy (non-hydrogen) atoms. The van der Waals surface area contributed by atoms with Gasteiger partial charge in [0.05, 0.1) is 24.1 Å². The van der Waals surface area contributed by atoms with Crippen molar-refractivity contribution >= 4 is 32.8 Å². The van der Waals surface area contributed by atoms with Gasteiger partial charge in [0, 0.05) is 6.07 Å². The van der Waals surface area contributed by atoms with Gasteiger partial charge in [0.15, 0.2) is 17.3 Å². The summed E-state index contributed by atoms with van der Waals surface area (Å²) in [6.45, 7) is 0. The molecule has 2 aromatic rings. The van der Waals surface area contributed by atoms with Crippen LogP contribution in [0.15, 0.2) is 16.6 Å². The van der Waals surface area contributed by atoms with Crippen LogP contribution in [-0.2, 0) is 4.74 Å². The van der Waals surface area contributed by atoms with E-state index in [1.54, 1.807) is 0 Å². The Balaban J connectivity index is 2.88.